The first-order chi connectivity index (χ1) is 27.8. The standard InChI is InChI=1S/C52H34N2O2/c1-2-14-38-33(12-1)26-30-42-39-15-4-8-19-45(39)54(52(38)42)44-18-7-3-13-37(44)34-24-27-35(28-25-34)53(36-29-31-41-40-16-5-9-21-47(40)56-50(41)32-36)46-20-11-23-49-51(46)43-17-6-10-22-48(43)55-49/h2-11,13-32H,1,12H2. The second kappa shape index (κ2) is 12.1. The van der Waals surface area contributed by atoms with E-state index in [1.165, 1.54) is 44.2 Å². The zero-order valence-electron chi connectivity index (χ0n) is 30.4. The molecule has 1 aliphatic rings. The summed E-state index contributed by atoms with van der Waals surface area (Å²) in [5.41, 5.74) is 15.3. The zero-order chi connectivity index (χ0) is 36.7. The summed E-state index contributed by atoms with van der Waals surface area (Å²) in [7, 11) is 0. The number of rotatable bonds is 5. The number of hydrogen-bond donors (Lipinski definition) is 0. The molecule has 0 fully saturated rings. The lowest BCUT2D eigenvalue weighted by molar-refractivity contribution is 0.669. The lowest BCUT2D eigenvalue weighted by Crippen LogP contribution is -2.10. The van der Waals surface area contributed by atoms with E-state index in [1.807, 2.05) is 24.3 Å². The number of aromatic nitrogens is 1. The first kappa shape index (κ1) is 31.1. The molecule has 0 radical (unpaired) electrons. The monoisotopic (exact) mass is 718 g/mol. The van der Waals surface area contributed by atoms with E-state index >= 15 is 0 Å². The molecule has 3 heterocycles. The fraction of sp³-hybridized carbons (Fsp3) is 0.0385. The molecular formula is C52H34N2O2. The Labute approximate surface area is 322 Å². The molecule has 3 aromatic heterocycles. The average molecular weight is 719 g/mol. The molecule has 4 heteroatoms. The Morgan fingerprint density at radius 1 is 0.500 bits per heavy atom. The van der Waals surface area contributed by atoms with Gasteiger partial charge in [-0.2, -0.15) is 0 Å². The minimum Gasteiger partial charge on any atom is -0.456 e. The van der Waals surface area contributed by atoms with Crippen LogP contribution >= 0.6 is 0 Å². The van der Waals surface area contributed by atoms with E-state index in [0.717, 1.165) is 79.3 Å². The van der Waals surface area contributed by atoms with Crippen molar-refractivity contribution >= 4 is 88.8 Å². The molecule has 11 aromatic rings. The van der Waals surface area contributed by atoms with Crippen LogP contribution in [0.2, 0.25) is 0 Å². The van der Waals surface area contributed by atoms with Crippen LogP contribution in [-0.2, 0) is 6.42 Å². The highest BCUT2D eigenvalue weighted by molar-refractivity contribution is 6.15. The lowest BCUT2D eigenvalue weighted by Gasteiger charge is -2.26. The summed E-state index contributed by atoms with van der Waals surface area (Å²) in [6.07, 6.45) is 6.79. The molecule has 0 unspecified atom stereocenters. The van der Waals surface area contributed by atoms with Gasteiger partial charge in [0.2, 0.25) is 0 Å². The topological polar surface area (TPSA) is 34.5 Å². The number of benzene rings is 8. The minimum atomic E-state index is 0.853. The molecule has 8 aromatic carbocycles. The number of hydrogen-bond acceptors (Lipinski definition) is 3. The lowest BCUT2D eigenvalue weighted by atomic mass is 9.94. The van der Waals surface area contributed by atoms with Crippen molar-refractivity contribution in [3.63, 3.8) is 0 Å². The SMILES string of the molecule is C1=Cc2c(ccc3c4ccccc4n(-c4ccccc4-c4ccc(N(c5ccc6c(c5)oc5ccccc56)c5cccc6oc7ccccc7c56)cc4)c23)CC1. The maximum Gasteiger partial charge on any atom is 0.137 e. The van der Waals surface area contributed by atoms with Gasteiger partial charge in [-0.15, -0.1) is 0 Å². The van der Waals surface area contributed by atoms with Gasteiger partial charge in [0.1, 0.15) is 22.3 Å². The second-order valence-electron chi connectivity index (χ2n) is 14.8. The summed E-state index contributed by atoms with van der Waals surface area (Å²) in [5, 5.41) is 6.94. The minimum absolute atomic E-state index is 0.853. The Bertz CT molecular complexity index is 3380. The summed E-state index contributed by atoms with van der Waals surface area (Å²) >= 11 is 0. The van der Waals surface area contributed by atoms with Crippen LogP contribution in [0.15, 0.2) is 185 Å². The van der Waals surface area contributed by atoms with Gasteiger partial charge >= 0.3 is 0 Å². The Morgan fingerprint density at radius 3 is 2.07 bits per heavy atom. The number of allylic oxidation sites excluding steroid dienone is 1. The summed E-state index contributed by atoms with van der Waals surface area (Å²) in [5.74, 6) is 0. The third-order valence-electron chi connectivity index (χ3n) is 11.7. The highest BCUT2D eigenvalue weighted by Gasteiger charge is 2.23. The average Bonchev–Trinajstić information content (AvgIpc) is 3.94. The molecular weight excluding hydrogens is 685 g/mol. The smallest absolute Gasteiger partial charge is 0.137 e. The molecule has 0 N–H and O–H groups in total. The van der Waals surface area contributed by atoms with Crippen LogP contribution in [0, 0.1) is 0 Å². The van der Waals surface area contributed by atoms with Gasteiger partial charge in [-0.1, -0.05) is 115 Å². The summed E-state index contributed by atoms with van der Waals surface area (Å²) in [4.78, 5) is 2.33. The van der Waals surface area contributed by atoms with Gasteiger partial charge in [0, 0.05) is 55.5 Å². The molecule has 0 saturated carbocycles. The van der Waals surface area contributed by atoms with Crippen molar-refractivity contribution in [2.75, 3.05) is 4.90 Å². The van der Waals surface area contributed by atoms with Crippen molar-refractivity contribution in [2.45, 2.75) is 12.8 Å². The quantitative estimate of drug-likeness (QED) is 0.178. The molecule has 264 valence electrons. The third kappa shape index (κ3) is 4.59. The Balaban J connectivity index is 1.05. The fourth-order valence-corrected chi connectivity index (χ4v) is 9.15. The fourth-order valence-electron chi connectivity index (χ4n) is 9.15. The van der Waals surface area contributed by atoms with Crippen LogP contribution in [0.3, 0.4) is 0 Å². The van der Waals surface area contributed by atoms with E-state index in [0.29, 0.717) is 0 Å². The molecule has 0 bridgehead atoms. The highest BCUT2D eigenvalue weighted by atomic mass is 16.3. The molecule has 56 heavy (non-hydrogen) atoms. The van der Waals surface area contributed by atoms with Crippen molar-refractivity contribution in [3.05, 3.63) is 187 Å². The van der Waals surface area contributed by atoms with E-state index in [9.17, 15) is 0 Å². The number of furan rings is 2. The van der Waals surface area contributed by atoms with Gasteiger partial charge in [-0.3, -0.25) is 0 Å². The van der Waals surface area contributed by atoms with Crippen LogP contribution in [0.5, 0.6) is 0 Å². The van der Waals surface area contributed by atoms with Crippen molar-refractivity contribution in [1.29, 1.82) is 0 Å². The highest BCUT2D eigenvalue weighted by Crippen LogP contribution is 2.45. The largest absolute Gasteiger partial charge is 0.456 e. The third-order valence-corrected chi connectivity index (χ3v) is 11.7. The van der Waals surface area contributed by atoms with Gasteiger partial charge in [0.15, 0.2) is 0 Å². The molecule has 0 saturated heterocycles. The van der Waals surface area contributed by atoms with Crippen LogP contribution in [-0.4, -0.2) is 4.57 Å². The molecule has 1 aliphatic carbocycles. The van der Waals surface area contributed by atoms with Gasteiger partial charge in [-0.05, 0) is 84.6 Å². The summed E-state index contributed by atoms with van der Waals surface area (Å²) in [6, 6.07) is 60.7. The second-order valence-corrected chi connectivity index (χ2v) is 14.8. The normalized spacial score (nSPS) is 12.8. The van der Waals surface area contributed by atoms with Crippen molar-refractivity contribution in [3.8, 4) is 16.8 Å². The van der Waals surface area contributed by atoms with E-state index in [4.69, 9.17) is 8.83 Å². The van der Waals surface area contributed by atoms with Crippen LogP contribution in [0.4, 0.5) is 17.1 Å². The summed E-state index contributed by atoms with van der Waals surface area (Å²) in [6.45, 7) is 0. The molecule has 0 amide bonds. The van der Waals surface area contributed by atoms with Crippen molar-refractivity contribution < 1.29 is 8.83 Å². The van der Waals surface area contributed by atoms with Crippen LogP contribution in [0.25, 0.3) is 88.6 Å². The number of nitrogens with zero attached hydrogens (tertiary/aromatic N) is 2. The molecule has 0 aliphatic heterocycles. The van der Waals surface area contributed by atoms with Gasteiger partial charge in [-0.25, -0.2) is 0 Å². The Hall–Kier alpha value is -7.30. The first-order valence-corrected chi connectivity index (χ1v) is 19.3. The van der Waals surface area contributed by atoms with Gasteiger partial charge in [0.05, 0.1) is 27.8 Å². The molecule has 12 rings (SSSR count). The van der Waals surface area contributed by atoms with Crippen molar-refractivity contribution in [2.24, 2.45) is 0 Å². The Kier molecular flexibility index (Phi) is 6.72. The van der Waals surface area contributed by atoms with E-state index in [2.05, 4.69) is 167 Å². The molecule has 0 spiro atoms. The summed E-state index contributed by atoms with van der Waals surface area (Å²) < 4.78 is 15.3. The zero-order valence-corrected chi connectivity index (χ0v) is 30.4. The van der Waals surface area contributed by atoms with Crippen LogP contribution in [0.1, 0.15) is 17.5 Å². The number of para-hydroxylation sites is 4. The predicted octanol–water partition coefficient (Wildman–Crippen LogP) is 14.7. The maximum atomic E-state index is 6.43. The van der Waals surface area contributed by atoms with Gasteiger partial charge in [0.25, 0.3) is 0 Å². The molecule has 4 nitrogen and oxygen atoms in total. The van der Waals surface area contributed by atoms with Crippen molar-refractivity contribution in [1.82, 2.24) is 4.57 Å². The van der Waals surface area contributed by atoms with E-state index in [1.54, 1.807) is 0 Å². The number of fused-ring (bicyclic) bond motifs is 11. The van der Waals surface area contributed by atoms with E-state index in [-0.39, 0.29) is 0 Å². The predicted molar refractivity (Wildman–Crippen MR) is 233 cm³/mol. The van der Waals surface area contributed by atoms with E-state index < -0.39 is 0 Å². The van der Waals surface area contributed by atoms with Gasteiger partial charge < -0.3 is 18.3 Å². The first-order valence-electron chi connectivity index (χ1n) is 19.3. The van der Waals surface area contributed by atoms with Crippen LogP contribution < -0.4 is 4.90 Å². The number of aryl methyl sites for hydroxylation is 1. The molecule has 0 atom stereocenters. The maximum absolute atomic E-state index is 6.43. The Morgan fingerprint density at radius 2 is 1.18 bits per heavy atom. The number of anilines is 3.